The Hall–Kier alpha value is -2.11. The van der Waals surface area contributed by atoms with E-state index in [1.165, 1.54) is 6.42 Å². The summed E-state index contributed by atoms with van der Waals surface area (Å²) in [6, 6.07) is 4.27. The van der Waals surface area contributed by atoms with Crippen LogP contribution in [-0.2, 0) is 4.79 Å². The topological polar surface area (TPSA) is 65.5 Å². The molecular formula is C22H32N4O2. The summed E-state index contributed by atoms with van der Waals surface area (Å²) in [6.07, 6.45) is 6.79. The van der Waals surface area contributed by atoms with E-state index in [1.807, 2.05) is 12.1 Å². The van der Waals surface area contributed by atoms with Gasteiger partial charge in [-0.3, -0.25) is 9.59 Å². The van der Waals surface area contributed by atoms with Crippen molar-refractivity contribution < 1.29 is 9.59 Å². The van der Waals surface area contributed by atoms with E-state index < -0.39 is 0 Å². The van der Waals surface area contributed by atoms with Crippen LogP contribution in [0.15, 0.2) is 18.3 Å². The van der Waals surface area contributed by atoms with Gasteiger partial charge in [0.15, 0.2) is 0 Å². The molecule has 3 atom stereocenters. The van der Waals surface area contributed by atoms with Crippen molar-refractivity contribution in [3.05, 3.63) is 23.9 Å². The minimum atomic E-state index is -0.0495. The molecular weight excluding hydrogens is 352 g/mol. The van der Waals surface area contributed by atoms with E-state index >= 15 is 0 Å². The summed E-state index contributed by atoms with van der Waals surface area (Å²) in [6.45, 7) is 7.80. The van der Waals surface area contributed by atoms with Crippen LogP contribution in [0.4, 0.5) is 5.82 Å². The maximum Gasteiger partial charge on any atom is 0.252 e. The minimum absolute atomic E-state index is 0.0495. The van der Waals surface area contributed by atoms with Crippen LogP contribution in [0.3, 0.4) is 0 Å². The van der Waals surface area contributed by atoms with E-state index in [2.05, 4.69) is 33.9 Å². The van der Waals surface area contributed by atoms with Crippen molar-refractivity contribution in [2.45, 2.75) is 52.0 Å². The monoisotopic (exact) mass is 384 g/mol. The molecule has 6 heteroatoms. The molecule has 3 aliphatic rings. The van der Waals surface area contributed by atoms with E-state index in [9.17, 15) is 9.59 Å². The number of anilines is 1. The molecule has 1 N–H and O–H groups in total. The van der Waals surface area contributed by atoms with E-state index in [0.29, 0.717) is 41.8 Å². The van der Waals surface area contributed by atoms with Gasteiger partial charge in [-0.2, -0.15) is 0 Å². The fourth-order valence-electron chi connectivity index (χ4n) is 5.08. The molecule has 28 heavy (non-hydrogen) atoms. The number of fused-ring (bicyclic) bond motifs is 4. The van der Waals surface area contributed by atoms with Crippen molar-refractivity contribution in [3.63, 3.8) is 0 Å². The van der Waals surface area contributed by atoms with Gasteiger partial charge in [-0.15, -0.1) is 0 Å². The number of nitrogens with zero attached hydrogens (tertiary/aromatic N) is 3. The molecule has 2 amide bonds. The van der Waals surface area contributed by atoms with Gasteiger partial charge in [0.2, 0.25) is 5.91 Å². The molecule has 2 bridgehead atoms. The normalized spacial score (nSPS) is 27.0. The molecule has 1 aromatic heterocycles. The van der Waals surface area contributed by atoms with Crippen molar-refractivity contribution >= 4 is 17.6 Å². The fraction of sp³-hybridized carbons (Fsp3) is 0.682. The Morgan fingerprint density at radius 2 is 2.14 bits per heavy atom. The minimum Gasteiger partial charge on any atom is -0.356 e. The number of piperidine rings is 3. The van der Waals surface area contributed by atoms with Gasteiger partial charge in [-0.25, -0.2) is 4.98 Å². The zero-order chi connectivity index (χ0) is 19.7. The summed E-state index contributed by atoms with van der Waals surface area (Å²) in [4.78, 5) is 33.7. The summed E-state index contributed by atoms with van der Waals surface area (Å²) < 4.78 is 0. The fourth-order valence-corrected chi connectivity index (χ4v) is 5.08. The zero-order valence-corrected chi connectivity index (χ0v) is 17.1. The van der Waals surface area contributed by atoms with Crippen molar-refractivity contribution in [2.24, 2.45) is 17.8 Å². The first-order chi connectivity index (χ1) is 13.5. The van der Waals surface area contributed by atoms with Gasteiger partial charge in [0.25, 0.3) is 5.91 Å². The molecule has 3 saturated heterocycles. The molecule has 2 unspecified atom stereocenters. The van der Waals surface area contributed by atoms with E-state index in [1.54, 1.807) is 6.20 Å². The number of nitrogens with one attached hydrogen (secondary N) is 1. The predicted molar refractivity (Wildman–Crippen MR) is 109 cm³/mol. The summed E-state index contributed by atoms with van der Waals surface area (Å²) in [5, 5.41) is 2.97. The molecule has 3 aliphatic heterocycles. The average molecular weight is 385 g/mol. The number of aromatic nitrogens is 1. The Morgan fingerprint density at radius 1 is 1.29 bits per heavy atom. The van der Waals surface area contributed by atoms with Crippen LogP contribution in [0.25, 0.3) is 0 Å². The highest BCUT2D eigenvalue weighted by atomic mass is 16.2. The Labute approximate surface area is 167 Å². The number of carbonyl (C=O) groups is 2. The second kappa shape index (κ2) is 8.10. The molecule has 0 spiro atoms. The van der Waals surface area contributed by atoms with E-state index in [0.717, 1.165) is 51.1 Å². The highest BCUT2D eigenvalue weighted by Crippen LogP contribution is 2.38. The number of carbonyl (C=O) groups excluding carboxylic acids is 2. The lowest BCUT2D eigenvalue weighted by Gasteiger charge is -2.52. The predicted octanol–water partition coefficient (Wildman–Crippen LogP) is 2.69. The standard InChI is InChI=1S/C22H32N4O2/c1-15(2)8-9-23-22(28)17-6-7-20(24-11-17)25-12-16-10-18(14-25)19-4-3-5-21(27)26(19)13-16/h6-7,11,15-16,18-19H,3-5,8-10,12-14H2,1-2H3,(H,23,28)/t16?,18?,19-/m1/s1. The SMILES string of the molecule is CC(C)CCNC(=O)c1ccc(N2CC3CC(C2)[C@H]2CCCC(=O)N2C3)nc1. The first-order valence-electron chi connectivity index (χ1n) is 10.8. The summed E-state index contributed by atoms with van der Waals surface area (Å²) in [5.74, 6) is 2.89. The number of rotatable bonds is 5. The lowest BCUT2D eigenvalue weighted by Crippen LogP contribution is -2.60. The Bertz CT molecular complexity index is 718. The molecule has 1 aromatic rings. The quantitative estimate of drug-likeness (QED) is 0.848. The summed E-state index contributed by atoms with van der Waals surface area (Å²) in [7, 11) is 0. The summed E-state index contributed by atoms with van der Waals surface area (Å²) >= 11 is 0. The largest absolute Gasteiger partial charge is 0.356 e. The smallest absolute Gasteiger partial charge is 0.252 e. The molecule has 4 heterocycles. The molecule has 0 aromatic carbocycles. The maximum absolute atomic E-state index is 12.3. The molecule has 0 radical (unpaired) electrons. The van der Waals surface area contributed by atoms with Crippen LogP contribution in [0.2, 0.25) is 0 Å². The van der Waals surface area contributed by atoms with Crippen molar-refractivity contribution in [2.75, 3.05) is 31.1 Å². The lowest BCUT2D eigenvalue weighted by molar-refractivity contribution is -0.142. The number of hydrogen-bond acceptors (Lipinski definition) is 4. The third-order valence-electron chi connectivity index (χ3n) is 6.52. The first-order valence-corrected chi connectivity index (χ1v) is 10.8. The highest BCUT2D eigenvalue weighted by molar-refractivity contribution is 5.94. The van der Waals surface area contributed by atoms with Crippen molar-refractivity contribution in [3.8, 4) is 0 Å². The van der Waals surface area contributed by atoms with E-state index in [4.69, 9.17) is 0 Å². The van der Waals surface area contributed by atoms with Gasteiger partial charge < -0.3 is 15.1 Å². The van der Waals surface area contributed by atoms with Crippen LogP contribution < -0.4 is 10.2 Å². The Kier molecular flexibility index (Phi) is 5.56. The molecule has 0 saturated carbocycles. The maximum atomic E-state index is 12.3. The van der Waals surface area contributed by atoms with Crippen LogP contribution in [0.1, 0.15) is 56.3 Å². The Balaban J connectivity index is 1.39. The zero-order valence-electron chi connectivity index (χ0n) is 17.1. The van der Waals surface area contributed by atoms with E-state index in [-0.39, 0.29) is 5.91 Å². The highest BCUT2D eigenvalue weighted by Gasteiger charge is 2.44. The second-order valence-corrected chi connectivity index (χ2v) is 9.12. The molecule has 152 valence electrons. The summed E-state index contributed by atoms with van der Waals surface area (Å²) in [5.41, 5.74) is 0.619. The average Bonchev–Trinajstić information content (AvgIpc) is 2.68. The lowest BCUT2D eigenvalue weighted by atomic mass is 9.76. The van der Waals surface area contributed by atoms with Gasteiger partial charge in [0.1, 0.15) is 5.82 Å². The third kappa shape index (κ3) is 4.01. The van der Waals surface area contributed by atoms with Gasteiger partial charge >= 0.3 is 0 Å². The second-order valence-electron chi connectivity index (χ2n) is 9.12. The van der Waals surface area contributed by atoms with Gasteiger partial charge in [0, 0.05) is 44.8 Å². The van der Waals surface area contributed by atoms with Crippen LogP contribution in [0, 0.1) is 17.8 Å². The molecule has 0 aliphatic carbocycles. The van der Waals surface area contributed by atoms with Crippen LogP contribution >= 0.6 is 0 Å². The molecule has 4 rings (SSSR count). The van der Waals surface area contributed by atoms with Crippen molar-refractivity contribution in [1.82, 2.24) is 15.2 Å². The first kappa shape index (κ1) is 19.2. The van der Waals surface area contributed by atoms with Gasteiger partial charge in [0.05, 0.1) is 5.56 Å². The molecule has 6 nitrogen and oxygen atoms in total. The number of hydrogen-bond donors (Lipinski definition) is 1. The Morgan fingerprint density at radius 3 is 2.89 bits per heavy atom. The van der Waals surface area contributed by atoms with Crippen molar-refractivity contribution in [1.29, 1.82) is 0 Å². The van der Waals surface area contributed by atoms with Gasteiger partial charge in [-0.05, 0) is 55.6 Å². The number of amides is 2. The number of pyridine rings is 1. The van der Waals surface area contributed by atoms with Gasteiger partial charge in [-0.1, -0.05) is 13.8 Å². The third-order valence-corrected chi connectivity index (χ3v) is 6.52. The van der Waals surface area contributed by atoms with Crippen LogP contribution in [0.5, 0.6) is 0 Å². The molecule has 3 fully saturated rings. The van der Waals surface area contributed by atoms with Crippen LogP contribution in [-0.4, -0.2) is 53.9 Å².